The first-order valence-corrected chi connectivity index (χ1v) is 5.91. The molecule has 0 radical (unpaired) electrons. The van der Waals surface area contributed by atoms with Crippen LogP contribution in [0.2, 0.25) is 0 Å². The maximum atomic E-state index is 10.9. The van der Waals surface area contributed by atoms with Gasteiger partial charge in [0.2, 0.25) is 0 Å². The van der Waals surface area contributed by atoms with Crippen LogP contribution in [0.1, 0.15) is 20.7 Å². The number of carbonyl (C=O) groups is 2. The highest BCUT2D eigenvalue weighted by Crippen LogP contribution is 2.15. The number of phenolic OH excluding ortho intramolecular Hbond substituents is 1. The fourth-order valence-corrected chi connectivity index (χ4v) is 1.38. The van der Waals surface area contributed by atoms with Crippen LogP contribution in [0.3, 0.4) is 0 Å². The lowest BCUT2D eigenvalue weighted by molar-refractivity contribution is 0.0596. The predicted octanol–water partition coefficient (Wildman–Crippen LogP) is 2.15. The third-order valence-corrected chi connectivity index (χ3v) is 2.47. The Morgan fingerprint density at radius 2 is 1.62 bits per heavy atom. The van der Waals surface area contributed by atoms with Crippen molar-refractivity contribution >= 4 is 17.6 Å². The molecule has 0 amide bonds. The Bertz CT molecular complexity index is 622. The molecule has 0 aliphatic rings. The van der Waals surface area contributed by atoms with E-state index < -0.39 is 11.9 Å². The average molecular weight is 289 g/mol. The number of aromatic carboxylic acids is 1. The zero-order valence-electron chi connectivity index (χ0n) is 11.3. The maximum Gasteiger partial charge on any atom is 0.341 e. The molecule has 0 heterocycles. The summed E-state index contributed by atoms with van der Waals surface area (Å²) in [6.45, 7) is 0. The minimum Gasteiger partial charge on any atom is -0.507 e. The van der Waals surface area contributed by atoms with Gasteiger partial charge in [-0.25, -0.2) is 9.59 Å². The Kier molecular flexibility index (Phi) is 5.76. The van der Waals surface area contributed by atoms with E-state index in [-0.39, 0.29) is 16.9 Å². The van der Waals surface area contributed by atoms with Gasteiger partial charge in [0.1, 0.15) is 11.3 Å². The molecule has 2 aromatic carbocycles. The van der Waals surface area contributed by atoms with Gasteiger partial charge in [-0.15, -0.1) is 0 Å². The number of nitrogens with two attached hydrogens (primary N) is 1. The smallest absolute Gasteiger partial charge is 0.341 e. The van der Waals surface area contributed by atoms with Gasteiger partial charge < -0.3 is 20.7 Å². The van der Waals surface area contributed by atoms with E-state index >= 15 is 0 Å². The summed E-state index contributed by atoms with van der Waals surface area (Å²) >= 11 is 0. The molecule has 4 N–H and O–H groups in total. The molecule has 0 aliphatic heterocycles. The highest BCUT2D eigenvalue weighted by Gasteiger charge is 2.08. The number of ether oxygens (including phenoxy) is 1. The second kappa shape index (κ2) is 7.54. The number of methoxy groups -OCH3 is 1. The van der Waals surface area contributed by atoms with Crippen molar-refractivity contribution in [2.45, 2.75) is 0 Å². The molecule has 21 heavy (non-hydrogen) atoms. The monoisotopic (exact) mass is 289 g/mol. The number of carboxylic acid groups (broad SMARTS) is 1. The number of rotatable bonds is 2. The fraction of sp³-hybridized carbons (Fsp3) is 0.0667. The summed E-state index contributed by atoms with van der Waals surface area (Å²) in [5, 5.41) is 17.5. The van der Waals surface area contributed by atoms with Crippen LogP contribution in [0.4, 0.5) is 5.69 Å². The van der Waals surface area contributed by atoms with Crippen molar-refractivity contribution in [3.63, 3.8) is 0 Å². The number of carboxylic acids is 1. The van der Waals surface area contributed by atoms with Crippen LogP contribution in [0.25, 0.3) is 0 Å². The first-order chi connectivity index (χ1) is 9.95. The normalized spacial score (nSPS) is 9.19. The van der Waals surface area contributed by atoms with E-state index in [1.54, 1.807) is 24.3 Å². The van der Waals surface area contributed by atoms with Crippen molar-refractivity contribution in [1.29, 1.82) is 0 Å². The molecule has 0 spiro atoms. The summed E-state index contributed by atoms with van der Waals surface area (Å²) in [5.41, 5.74) is 6.36. The predicted molar refractivity (Wildman–Crippen MR) is 77.3 cm³/mol. The molecule has 6 nitrogen and oxygen atoms in total. The quantitative estimate of drug-likeness (QED) is 0.577. The summed E-state index contributed by atoms with van der Waals surface area (Å²) < 4.78 is 4.42. The van der Waals surface area contributed by atoms with Gasteiger partial charge in [-0.05, 0) is 36.4 Å². The Morgan fingerprint density at radius 1 is 1.05 bits per heavy atom. The van der Waals surface area contributed by atoms with E-state index in [1.807, 2.05) is 0 Å². The second-order valence-corrected chi connectivity index (χ2v) is 3.94. The zero-order chi connectivity index (χ0) is 15.8. The summed E-state index contributed by atoms with van der Waals surface area (Å²) in [7, 11) is 1.27. The van der Waals surface area contributed by atoms with Crippen LogP contribution >= 0.6 is 0 Å². The SMILES string of the molecule is COC(=O)c1ccccc1O.Nc1ccc(C(=O)O)cc1. The average Bonchev–Trinajstić information content (AvgIpc) is 2.48. The number of carbonyl (C=O) groups excluding carboxylic acids is 1. The van der Waals surface area contributed by atoms with Gasteiger partial charge >= 0.3 is 11.9 Å². The highest BCUT2D eigenvalue weighted by molar-refractivity contribution is 5.92. The van der Waals surface area contributed by atoms with E-state index in [1.165, 1.54) is 31.4 Å². The van der Waals surface area contributed by atoms with E-state index in [2.05, 4.69) is 4.74 Å². The third-order valence-electron chi connectivity index (χ3n) is 2.47. The standard InChI is InChI=1S/C8H8O3.C7H7NO2/c1-11-8(10)6-4-2-3-5-7(6)9;8-6-3-1-5(2-4-6)7(9)10/h2-5,9H,1H3;1-4H,8H2,(H,9,10). The molecule has 0 atom stereocenters. The van der Waals surface area contributed by atoms with Crippen LogP contribution in [0, 0.1) is 0 Å². The summed E-state index contributed by atoms with van der Waals surface area (Å²) in [4.78, 5) is 21.1. The highest BCUT2D eigenvalue weighted by atomic mass is 16.5. The number of esters is 1. The summed E-state index contributed by atoms with van der Waals surface area (Å²) in [6, 6.07) is 12.3. The number of nitrogen functional groups attached to an aromatic ring is 1. The molecule has 0 unspecified atom stereocenters. The molecule has 6 heteroatoms. The van der Waals surface area contributed by atoms with Crippen LogP contribution in [-0.4, -0.2) is 29.3 Å². The number of benzene rings is 2. The number of hydrogen-bond acceptors (Lipinski definition) is 5. The second-order valence-electron chi connectivity index (χ2n) is 3.94. The van der Waals surface area contributed by atoms with Gasteiger partial charge in [0.05, 0.1) is 12.7 Å². The Hall–Kier alpha value is -3.02. The Morgan fingerprint density at radius 3 is 2.10 bits per heavy atom. The molecule has 0 saturated carbocycles. The van der Waals surface area contributed by atoms with Gasteiger partial charge in [0.15, 0.2) is 0 Å². The molecule has 0 fully saturated rings. The maximum absolute atomic E-state index is 10.9. The Labute approximate surface area is 121 Å². The van der Waals surface area contributed by atoms with Gasteiger partial charge in [-0.1, -0.05) is 12.1 Å². The Balaban J connectivity index is 0.000000211. The van der Waals surface area contributed by atoms with Crippen molar-refractivity contribution < 1.29 is 24.5 Å². The first-order valence-electron chi connectivity index (χ1n) is 5.91. The minimum absolute atomic E-state index is 0.0562. The summed E-state index contributed by atoms with van der Waals surface area (Å²) in [6.07, 6.45) is 0. The third kappa shape index (κ3) is 4.87. The molecular weight excluding hydrogens is 274 g/mol. The molecule has 0 bridgehead atoms. The number of hydrogen-bond donors (Lipinski definition) is 3. The van der Waals surface area contributed by atoms with E-state index in [9.17, 15) is 9.59 Å². The van der Waals surface area contributed by atoms with Gasteiger partial charge in [0, 0.05) is 5.69 Å². The van der Waals surface area contributed by atoms with Crippen molar-refractivity contribution in [2.75, 3.05) is 12.8 Å². The lowest BCUT2D eigenvalue weighted by Gasteiger charge is -1.99. The van der Waals surface area contributed by atoms with Crippen molar-refractivity contribution in [2.24, 2.45) is 0 Å². The zero-order valence-corrected chi connectivity index (χ0v) is 11.3. The fourth-order valence-electron chi connectivity index (χ4n) is 1.38. The molecule has 2 aromatic rings. The van der Waals surface area contributed by atoms with E-state index in [4.69, 9.17) is 15.9 Å². The van der Waals surface area contributed by atoms with Gasteiger partial charge in [0.25, 0.3) is 0 Å². The van der Waals surface area contributed by atoms with E-state index in [0.717, 1.165) is 0 Å². The van der Waals surface area contributed by atoms with E-state index in [0.29, 0.717) is 5.69 Å². The molecule has 0 aliphatic carbocycles. The number of phenols is 1. The topological polar surface area (TPSA) is 110 Å². The van der Waals surface area contributed by atoms with Crippen molar-refractivity contribution in [3.8, 4) is 5.75 Å². The lowest BCUT2D eigenvalue weighted by atomic mass is 10.2. The lowest BCUT2D eigenvalue weighted by Crippen LogP contribution is -2.00. The number of aromatic hydroxyl groups is 1. The summed E-state index contributed by atoms with van der Waals surface area (Å²) in [5.74, 6) is -1.51. The molecular formula is C15H15NO5. The first kappa shape index (κ1) is 16.0. The van der Waals surface area contributed by atoms with Crippen molar-refractivity contribution in [1.82, 2.24) is 0 Å². The van der Waals surface area contributed by atoms with Crippen LogP contribution < -0.4 is 5.73 Å². The van der Waals surface area contributed by atoms with Gasteiger partial charge in [-0.2, -0.15) is 0 Å². The molecule has 0 aromatic heterocycles. The van der Waals surface area contributed by atoms with Crippen LogP contribution in [0.5, 0.6) is 5.75 Å². The molecule has 0 saturated heterocycles. The van der Waals surface area contributed by atoms with Crippen LogP contribution in [0.15, 0.2) is 48.5 Å². The van der Waals surface area contributed by atoms with Crippen LogP contribution in [-0.2, 0) is 4.74 Å². The number of para-hydroxylation sites is 1. The minimum atomic E-state index is -0.931. The van der Waals surface area contributed by atoms with Gasteiger partial charge in [-0.3, -0.25) is 0 Å². The van der Waals surface area contributed by atoms with Crippen molar-refractivity contribution in [3.05, 3.63) is 59.7 Å². The largest absolute Gasteiger partial charge is 0.507 e. The number of anilines is 1. The molecule has 2 rings (SSSR count). The molecule has 110 valence electrons.